The molecule has 34 heavy (non-hydrogen) atoms. The van der Waals surface area contributed by atoms with Gasteiger partial charge in [-0.3, -0.25) is 10.1 Å². The molecular weight excluding hydrogens is 435 g/mol. The van der Waals surface area contributed by atoms with E-state index >= 15 is 0 Å². The standard InChI is InChI=1S/C26H35FN4O3/c1-20(27)11-12-24(28-2)29-26(33)31-16-14-30(15-17-31)25(32)22-9-6-10-23(19-22)34-18-13-21-7-4-3-5-8-21/h6,9-12,19,21H,2-5,7-8,13-18H2,1H3,(H,29,33)/b20-11+,24-12+. The molecule has 0 spiro atoms. The molecule has 1 saturated carbocycles. The van der Waals surface area contributed by atoms with Gasteiger partial charge in [0.15, 0.2) is 0 Å². The van der Waals surface area contributed by atoms with Gasteiger partial charge in [0.1, 0.15) is 11.6 Å². The van der Waals surface area contributed by atoms with Gasteiger partial charge in [-0.1, -0.05) is 38.2 Å². The number of piperazine rings is 1. The predicted molar refractivity (Wildman–Crippen MR) is 132 cm³/mol. The summed E-state index contributed by atoms with van der Waals surface area (Å²) < 4.78 is 18.8. The van der Waals surface area contributed by atoms with Crippen molar-refractivity contribution in [3.63, 3.8) is 0 Å². The first-order chi connectivity index (χ1) is 16.5. The Morgan fingerprint density at radius 2 is 1.85 bits per heavy atom. The van der Waals surface area contributed by atoms with Crippen LogP contribution in [0.1, 0.15) is 55.8 Å². The monoisotopic (exact) mass is 470 g/mol. The Morgan fingerprint density at radius 3 is 2.53 bits per heavy atom. The smallest absolute Gasteiger partial charge is 0.323 e. The second-order valence-corrected chi connectivity index (χ2v) is 8.84. The van der Waals surface area contributed by atoms with Crippen molar-refractivity contribution in [3.05, 3.63) is 53.6 Å². The highest BCUT2D eigenvalue weighted by Gasteiger charge is 2.25. The summed E-state index contributed by atoms with van der Waals surface area (Å²) in [7, 11) is 0. The summed E-state index contributed by atoms with van der Waals surface area (Å²) in [5.41, 5.74) is 0.586. The molecule has 0 aromatic heterocycles. The number of ether oxygens (including phenoxy) is 1. The molecule has 2 fully saturated rings. The van der Waals surface area contributed by atoms with Gasteiger partial charge in [-0.25, -0.2) is 14.2 Å². The van der Waals surface area contributed by atoms with Crippen LogP contribution in [0, 0.1) is 5.92 Å². The highest BCUT2D eigenvalue weighted by Crippen LogP contribution is 2.26. The molecule has 3 amide bonds. The molecule has 1 saturated heterocycles. The first-order valence-electron chi connectivity index (χ1n) is 12.0. The number of hydrogen-bond acceptors (Lipinski definition) is 4. The maximum Gasteiger partial charge on any atom is 0.323 e. The summed E-state index contributed by atoms with van der Waals surface area (Å²) in [5, 5.41) is 2.61. The lowest BCUT2D eigenvalue weighted by Crippen LogP contribution is -2.53. The molecule has 1 aromatic carbocycles. The maximum absolute atomic E-state index is 13.0. The van der Waals surface area contributed by atoms with Gasteiger partial charge in [-0.2, -0.15) is 0 Å². The van der Waals surface area contributed by atoms with Gasteiger partial charge in [-0.15, -0.1) is 0 Å². The zero-order valence-electron chi connectivity index (χ0n) is 20.0. The summed E-state index contributed by atoms with van der Waals surface area (Å²) >= 11 is 0. The predicted octanol–water partition coefficient (Wildman–Crippen LogP) is 4.92. The van der Waals surface area contributed by atoms with Crippen molar-refractivity contribution in [2.75, 3.05) is 32.8 Å². The first kappa shape index (κ1) is 25.5. The summed E-state index contributed by atoms with van der Waals surface area (Å²) in [6.45, 7) is 6.97. The van der Waals surface area contributed by atoms with Gasteiger partial charge in [0.2, 0.25) is 0 Å². The van der Waals surface area contributed by atoms with E-state index in [4.69, 9.17) is 4.74 Å². The van der Waals surface area contributed by atoms with Gasteiger partial charge < -0.3 is 14.5 Å². The van der Waals surface area contributed by atoms with Crippen molar-refractivity contribution >= 4 is 18.7 Å². The lowest BCUT2D eigenvalue weighted by atomic mass is 9.87. The third kappa shape index (κ3) is 7.71. The van der Waals surface area contributed by atoms with Crippen LogP contribution in [0.5, 0.6) is 5.75 Å². The Morgan fingerprint density at radius 1 is 1.15 bits per heavy atom. The normalized spacial score (nSPS) is 17.9. The second-order valence-electron chi connectivity index (χ2n) is 8.84. The Bertz CT molecular complexity index is 912. The van der Waals surface area contributed by atoms with Gasteiger partial charge in [0.25, 0.3) is 5.91 Å². The van der Waals surface area contributed by atoms with E-state index in [0.29, 0.717) is 44.1 Å². The molecule has 7 nitrogen and oxygen atoms in total. The van der Waals surface area contributed by atoms with Gasteiger partial charge in [0, 0.05) is 31.7 Å². The molecule has 2 aliphatic rings. The quantitative estimate of drug-likeness (QED) is 0.433. The minimum atomic E-state index is -0.402. The molecule has 1 aliphatic carbocycles. The number of urea groups is 1. The summed E-state index contributed by atoms with van der Waals surface area (Å²) in [6, 6.07) is 6.97. The van der Waals surface area contributed by atoms with Gasteiger partial charge >= 0.3 is 6.03 Å². The van der Waals surface area contributed by atoms with Crippen molar-refractivity contribution < 1.29 is 18.7 Å². The number of allylic oxidation sites excluding steroid dienone is 3. The highest BCUT2D eigenvalue weighted by atomic mass is 19.1. The molecule has 1 N–H and O–H groups in total. The lowest BCUT2D eigenvalue weighted by molar-refractivity contribution is 0.0665. The molecule has 8 heteroatoms. The van der Waals surface area contributed by atoms with Crippen LogP contribution in [0.15, 0.2) is 53.1 Å². The molecule has 0 bridgehead atoms. The van der Waals surface area contributed by atoms with Gasteiger partial charge in [-0.05, 0) is 56.3 Å². The molecule has 0 radical (unpaired) electrons. The van der Waals surface area contributed by atoms with Crippen LogP contribution in [0.4, 0.5) is 9.18 Å². The number of halogens is 1. The fraction of sp³-hybridized carbons (Fsp3) is 0.500. The zero-order chi connectivity index (χ0) is 24.3. The molecular formula is C26H35FN4O3. The fourth-order valence-electron chi connectivity index (χ4n) is 4.35. The zero-order valence-corrected chi connectivity index (χ0v) is 20.0. The first-order valence-corrected chi connectivity index (χ1v) is 12.0. The van der Waals surface area contributed by atoms with Crippen LogP contribution < -0.4 is 10.1 Å². The maximum atomic E-state index is 13.0. The van der Waals surface area contributed by atoms with E-state index in [0.717, 1.165) is 12.3 Å². The summed E-state index contributed by atoms with van der Waals surface area (Å²) in [6.07, 6.45) is 10.2. The number of nitrogens with zero attached hydrogens (tertiary/aromatic N) is 3. The van der Waals surface area contributed by atoms with Crippen molar-refractivity contribution in [1.82, 2.24) is 15.1 Å². The van der Waals surface area contributed by atoms with E-state index < -0.39 is 5.83 Å². The molecule has 1 heterocycles. The van der Waals surface area contributed by atoms with E-state index in [9.17, 15) is 14.0 Å². The topological polar surface area (TPSA) is 74.2 Å². The van der Waals surface area contributed by atoms with E-state index in [2.05, 4.69) is 17.0 Å². The number of carbonyl (C=O) groups is 2. The van der Waals surface area contributed by atoms with Crippen LogP contribution in [0.25, 0.3) is 0 Å². The Labute approximate surface area is 201 Å². The van der Waals surface area contributed by atoms with Gasteiger partial charge in [0.05, 0.1) is 12.4 Å². The van der Waals surface area contributed by atoms with E-state index in [-0.39, 0.29) is 17.8 Å². The van der Waals surface area contributed by atoms with E-state index in [1.54, 1.807) is 21.9 Å². The number of nitrogens with one attached hydrogen (secondary N) is 1. The molecule has 1 aliphatic heterocycles. The van der Waals surface area contributed by atoms with Crippen molar-refractivity contribution in [2.24, 2.45) is 10.9 Å². The second kappa shape index (κ2) is 12.9. The lowest BCUT2D eigenvalue weighted by Gasteiger charge is -2.34. The Balaban J connectivity index is 1.47. The minimum absolute atomic E-state index is 0.0744. The molecule has 184 valence electrons. The average molecular weight is 471 g/mol. The van der Waals surface area contributed by atoms with E-state index in [1.807, 2.05) is 12.1 Å². The minimum Gasteiger partial charge on any atom is -0.494 e. The number of amides is 3. The van der Waals surface area contributed by atoms with Crippen molar-refractivity contribution in [3.8, 4) is 5.75 Å². The fourth-order valence-corrected chi connectivity index (χ4v) is 4.35. The number of aliphatic imine (C=N–C) groups is 1. The molecule has 0 atom stereocenters. The van der Waals surface area contributed by atoms with Crippen LogP contribution in [0.2, 0.25) is 0 Å². The average Bonchev–Trinajstić information content (AvgIpc) is 2.87. The Kier molecular flexibility index (Phi) is 9.67. The summed E-state index contributed by atoms with van der Waals surface area (Å²) in [5.74, 6) is 1.16. The molecule has 3 rings (SSSR count). The summed E-state index contributed by atoms with van der Waals surface area (Å²) in [4.78, 5) is 32.5. The van der Waals surface area contributed by atoms with Crippen molar-refractivity contribution in [1.29, 1.82) is 0 Å². The number of hydrogen-bond donors (Lipinski definition) is 1. The number of carbonyl (C=O) groups excluding carboxylic acids is 2. The van der Waals surface area contributed by atoms with Crippen LogP contribution >= 0.6 is 0 Å². The molecule has 0 unspecified atom stereocenters. The molecule has 1 aromatic rings. The highest BCUT2D eigenvalue weighted by molar-refractivity contribution is 5.94. The number of rotatable bonds is 8. The number of benzene rings is 1. The largest absolute Gasteiger partial charge is 0.494 e. The van der Waals surface area contributed by atoms with Crippen LogP contribution in [-0.2, 0) is 0 Å². The van der Waals surface area contributed by atoms with E-state index in [1.165, 1.54) is 51.2 Å². The van der Waals surface area contributed by atoms with Crippen LogP contribution in [-0.4, -0.2) is 61.2 Å². The third-order valence-electron chi connectivity index (χ3n) is 6.33. The third-order valence-corrected chi connectivity index (χ3v) is 6.33. The Hall–Kier alpha value is -3.16. The SMILES string of the molecule is C=N/C(=C\C=C(/C)F)NC(=O)N1CCN(C(=O)c2cccc(OCCC3CCCCC3)c2)CC1. The van der Waals surface area contributed by atoms with Crippen LogP contribution in [0.3, 0.4) is 0 Å². The van der Waals surface area contributed by atoms with Crippen molar-refractivity contribution in [2.45, 2.75) is 45.4 Å².